The number of hydrogen-bond donors (Lipinski definition) is 2. The zero-order valence-electron chi connectivity index (χ0n) is 11.7. The Kier molecular flexibility index (Phi) is 11.8. The molecule has 0 heterocycles. The lowest BCUT2D eigenvalue weighted by Gasteiger charge is -2.06. The Morgan fingerprint density at radius 1 is 1.20 bits per heavy atom. The van der Waals surface area contributed by atoms with Crippen molar-refractivity contribution in [2.24, 2.45) is 0 Å². The third-order valence-electron chi connectivity index (χ3n) is 2.66. The van der Waals surface area contributed by atoms with Crippen LogP contribution in [-0.2, 0) is 16.0 Å². The summed E-state index contributed by atoms with van der Waals surface area (Å²) in [6.45, 7) is 2.93. The average molecular weight is 366 g/mol. The number of nitrogens with one attached hydrogen (secondary N) is 2. The van der Waals surface area contributed by atoms with E-state index in [1.807, 2.05) is 24.3 Å². The van der Waals surface area contributed by atoms with Crippen molar-refractivity contribution in [3.8, 4) is 0 Å². The van der Waals surface area contributed by atoms with E-state index in [9.17, 15) is 4.79 Å². The normalized spacial score (nSPS) is 9.90. The van der Waals surface area contributed by atoms with Crippen molar-refractivity contribution in [1.82, 2.24) is 10.6 Å². The van der Waals surface area contributed by atoms with Gasteiger partial charge in [-0.2, -0.15) is 0 Å². The molecule has 2 N–H and O–H groups in total. The van der Waals surface area contributed by atoms with Crippen molar-refractivity contribution in [1.29, 1.82) is 0 Å². The van der Waals surface area contributed by atoms with E-state index in [1.54, 1.807) is 7.11 Å². The molecule has 0 saturated carbocycles. The molecule has 0 atom stereocenters. The number of methoxy groups -OCH3 is 1. The van der Waals surface area contributed by atoms with E-state index in [4.69, 9.17) is 4.74 Å². The SMILES string of the molecule is COCCNCCNC(=O)CCc1ccc(Br)cc1.Cl. The van der Waals surface area contributed by atoms with Crippen molar-refractivity contribution < 1.29 is 9.53 Å². The van der Waals surface area contributed by atoms with Gasteiger partial charge in [-0.05, 0) is 24.1 Å². The Bertz CT molecular complexity index is 374. The quantitative estimate of drug-likeness (QED) is 0.659. The molecule has 0 radical (unpaired) electrons. The fraction of sp³-hybridized carbons (Fsp3) is 0.500. The van der Waals surface area contributed by atoms with E-state index in [2.05, 4.69) is 26.6 Å². The zero-order valence-corrected chi connectivity index (χ0v) is 14.1. The van der Waals surface area contributed by atoms with Crippen LogP contribution in [0.1, 0.15) is 12.0 Å². The van der Waals surface area contributed by atoms with E-state index in [1.165, 1.54) is 5.56 Å². The van der Waals surface area contributed by atoms with Gasteiger partial charge in [-0.3, -0.25) is 4.79 Å². The van der Waals surface area contributed by atoms with Crippen LogP contribution in [0.3, 0.4) is 0 Å². The summed E-state index contributed by atoms with van der Waals surface area (Å²) in [5.41, 5.74) is 1.18. The molecule has 1 aromatic carbocycles. The van der Waals surface area contributed by atoms with Crippen LogP contribution in [0.15, 0.2) is 28.7 Å². The van der Waals surface area contributed by atoms with Crippen LogP contribution in [-0.4, -0.2) is 39.3 Å². The third-order valence-corrected chi connectivity index (χ3v) is 3.19. The van der Waals surface area contributed by atoms with Crippen LogP contribution in [0.25, 0.3) is 0 Å². The molecule has 20 heavy (non-hydrogen) atoms. The van der Waals surface area contributed by atoms with E-state index >= 15 is 0 Å². The fourth-order valence-electron chi connectivity index (χ4n) is 1.59. The maximum absolute atomic E-state index is 11.6. The number of halogens is 2. The third kappa shape index (κ3) is 9.31. The van der Waals surface area contributed by atoms with Gasteiger partial charge in [-0.25, -0.2) is 0 Å². The highest BCUT2D eigenvalue weighted by atomic mass is 79.9. The molecular weight excluding hydrogens is 344 g/mol. The first-order chi connectivity index (χ1) is 9.22. The number of hydrogen-bond acceptors (Lipinski definition) is 3. The van der Waals surface area contributed by atoms with Gasteiger partial charge in [0.05, 0.1) is 6.61 Å². The Labute approximate surface area is 135 Å². The highest BCUT2D eigenvalue weighted by Crippen LogP contribution is 2.11. The molecule has 114 valence electrons. The number of aryl methyl sites for hydroxylation is 1. The molecular formula is C14H22BrClN2O2. The lowest BCUT2D eigenvalue weighted by molar-refractivity contribution is -0.121. The van der Waals surface area contributed by atoms with Crippen molar-refractivity contribution >= 4 is 34.2 Å². The molecule has 1 amide bonds. The Morgan fingerprint density at radius 3 is 2.55 bits per heavy atom. The van der Waals surface area contributed by atoms with Crippen LogP contribution in [0, 0.1) is 0 Å². The van der Waals surface area contributed by atoms with Gasteiger partial charge in [0, 0.05) is 37.6 Å². The first kappa shape index (κ1) is 19.4. The minimum Gasteiger partial charge on any atom is -0.383 e. The molecule has 0 bridgehead atoms. The molecule has 0 unspecified atom stereocenters. The maximum Gasteiger partial charge on any atom is 0.220 e. The smallest absolute Gasteiger partial charge is 0.220 e. The summed E-state index contributed by atoms with van der Waals surface area (Å²) in [4.78, 5) is 11.6. The van der Waals surface area contributed by atoms with Crippen LogP contribution in [0.4, 0.5) is 0 Å². The predicted octanol–water partition coefficient (Wildman–Crippen LogP) is 2.16. The predicted molar refractivity (Wildman–Crippen MR) is 87.5 cm³/mol. The van der Waals surface area contributed by atoms with Gasteiger partial charge in [0.15, 0.2) is 0 Å². The highest BCUT2D eigenvalue weighted by molar-refractivity contribution is 9.10. The minimum atomic E-state index is 0. The number of ether oxygens (including phenoxy) is 1. The summed E-state index contributed by atoms with van der Waals surface area (Å²) in [5.74, 6) is 0.0939. The summed E-state index contributed by atoms with van der Waals surface area (Å²) >= 11 is 3.39. The van der Waals surface area contributed by atoms with E-state index in [0.717, 1.165) is 24.0 Å². The van der Waals surface area contributed by atoms with Crippen molar-refractivity contribution in [2.75, 3.05) is 33.4 Å². The lowest BCUT2D eigenvalue weighted by atomic mass is 10.1. The van der Waals surface area contributed by atoms with Crippen LogP contribution in [0.2, 0.25) is 0 Å². The first-order valence-corrected chi connectivity index (χ1v) is 7.22. The molecule has 0 aliphatic rings. The molecule has 6 heteroatoms. The lowest BCUT2D eigenvalue weighted by Crippen LogP contribution is -2.33. The minimum absolute atomic E-state index is 0. The molecule has 1 aromatic rings. The molecule has 4 nitrogen and oxygen atoms in total. The molecule has 0 aromatic heterocycles. The van der Waals surface area contributed by atoms with Gasteiger partial charge in [-0.1, -0.05) is 28.1 Å². The largest absolute Gasteiger partial charge is 0.383 e. The number of rotatable bonds is 9. The van der Waals surface area contributed by atoms with E-state index < -0.39 is 0 Å². The molecule has 0 aliphatic carbocycles. The Morgan fingerprint density at radius 2 is 1.90 bits per heavy atom. The average Bonchev–Trinajstić information content (AvgIpc) is 2.42. The second-order valence-corrected chi connectivity index (χ2v) is 5.13. The second-order valence-electron chi connectivity index (χ2n) is 4.22. The molecule has 0 saturated heterocycles. The van der Waals surface area contributed by atoms with Gasteiger partial charge < -0.3 is 15.4 Å². The second kappa shape index (κ2) is 12.1. The fourth-order valence-corrected chi connectivity index (χ4v) is 1.85. The number of carbonyl (C=O) groups is 1. The van der Waals surface area contributed by atoms with Crippen LogP contribution >= 0.6 is 28.3 Å². The summed E-state index contributed by atoms with van der Waals surface area (Å²) in [6, 6.07) is 8.05. The topological polar surface area (TPSA) is 50.4 Å². The summed E-state index contributed by atoms with van der Waals surface area (Å²) in [5, 5.41) is 6.07. The van der Waals surface area contributed by atoms with Gasteiger partial charge in [0.25, 0.3) is 0 Å². The summed E-state index contributed by atoms with van der Waals surface area (Å²) in [6.07, 6.45) is 1.30. The van der Waals surface area contributed by atoms with E-state index in [0.29, 0.717) is 19.6 Å². The van der Waals surface area contributed by atoms with Gasteiger partial charge in [0.1, 0.15) is 0 Å². The van der Waals surface area contributed by atoms with Crippen LogP contribution in [0.5, 0.6) is 0 Å². The maximum atomic E-state index is 11.6. The molecule has 0 spiro atoms. The van der Waals surface area contributed by atoms with Crippen molar-refractivity contribution in [3.05, 3.63) is 34.3 Å². The zero-order chi connectivity index (χ0) is 13.9. The van der Waals surface area contributed by atoms with Gasteiger partial charge in [-0.15, -0.1) is 12.4 Å². The van der Waals surface area contributed by atoms with E-state index in [-0.39, 0.29) is 18.3 Å². The molecule has 1 rings (SSSR count). The molecule has 0 fully saturated rings. The Balaban J connectivity index is 0.00000361. The van der Waals surface area contributed by atoms with Crippen molar-refractivity contribution in [3.63, 3.8) is 0 Å². The molecule has 0 aliphatic heterocycles. The monoisotopic (exact) mass is 364 g/mol. The summed E-state index contributed by atoms with van der Waals surface area (Å²) < 4.78 is 5.97. The van der Waals surface area contributed by atoms with Crippen LogP contribution < -0.4 is 10.6 Å². The van der Waals surface area contributed by atoms with Gasteiger partial charge in [0.2, 0.25) is 5.91 Å². The van der Waals surface area contributed by atoms with Crippen molar-refractivity contribution in [2.45, 2.75) is 12.8 Å². The number of benzene rings is 1. The van der Waals surface area contributed by atoms with Gasteiger partial charge >= 0.3 is 0 Å². The summed E-state index contributed by atoms with van der Waals surface area (Å²) in [7, 11) is 1.67. The first-order valence-electron chi connectivity index (χ1n) is 6.43. The Hall–Kier alpha value is -0.620. The standard InChI is InChI=1S/C14H21BrN2O2.ClH/c1-19-11-10-16-8-9-17-14(18)7-4-12-2-5-13(15)6-3-12;/h2-3,5-6,16H,4,7-11H2,1H3,(H,17,18);1H. The number of amides is 1. The number of carbonyl (C=O) groups excluding carboxylic acids is 1. The highest BCUT2D eigenvalue weighted by Gasteiger charge is 2.01.